The summed E-state index contributed by atoms with van der Waals surface area (Å²) >= 11 is 0. The molecule has 1 rings (SSSR count). The van der Waals surface area contributed by atoms with Gasteiger partial charge in [0, 0.05) is 20.2 Å². The number of alkyl halides is 3. The molecule has 0 saturated heterocycles. The number of para-hydroxylation sites is 2. The summed E-state index contributed by atoms with van der Waals surface area (Å²) in [5.74, 6) is -0.348. The van der Waals surface area contributed by atoms with Crippen molar-refractivity contribution in [3.63, 3.8) is 0 Å². The lowest BCUT2D eigenvalue weighted by Crippen LogP contribution is -2.28. The molecule has 1 aromatic carbocycles. The Hall–Kier alpha value is -1.27. The van der Waals surface area contributed by atoms with Gasteiger partial charge in [0.25, 0.3) is 0 Å². The standard InChI is InChI=1S/C14H21F3N4O2.HI/c1-21(9-10-22-2)8-7-19-13(18)20-11-5-3-4-6-12(11)23-14(15,16)17;/h3-6H,7-10H2,1-2H3,(H3,18,19,20);1H. The van der Waals surface area contributed by atoms with E-state index in [0.29, 0.717) is 19.7 Å². The number of hydrogen-bond donors (Lipinski definition) is 2. The normalized spacial score (nSPS) is 12.0. The van der Waals surface area contributed by atoms with E-state index >= 15 is 0 Å². The summed E-state index contributed by atoms with van der Waals surface area (Å²) in [5.41, 5.74) is 5.78. The molecule has 0 amide bonds. The van der Waals surface area contributed by atoms with E-state index in [2.05, 4.69) is 15.0 Å². The fraction of sp³-hybridized carbons (Fsp3) is 0.500. The minimum absolute atomic E-state index is 0. The molecule has 0 saturated carbocycles. The van der Waals surface area contributed by atoms with Crippen LogP contribution in [0.1, 0.15) is 0 Å². The van der Waals surface area contributed by atoms with Crippen LogP contribution in [0.3, 0.4) is 0 Å². The SMILES string of the molecule is COCCN(C)CCN=C(N)Nc1ccccc1OC(F)(F)F.I. The van der Waals surface area contributed by atoms with Crippen molar-refractivity contribution in [3.05, 3.63) is 24.3 Å². The highest BCUT2D eigenvalue weighted by atomic mass is 127. The van der Waals surface area contributed by atoms with Gasteiger partial charge in [0.15, 0.2) is 11.7 Å². The van der Waals surface area contributed by atoms with E-state index in [0.717, 1.165) is 6.54 Å². The highest BCUT2D eigenvalue weighted by molar-refractivity contribution is 14.0. The van der Waals surface area contributed by atoms with E-state index in [9.17, 15) is 13.2 Å². The molecule has 1 aromatic rings. The zero-order valence-corrected chi connectivity index (χ0v) is 15.8. The number of ether oxygens (including phenoxy) is 2. The number of hydrogen-bond acceptors (Lipinski definition) is 4. The molecule has 3 N–H and O–H groups in total. The number of guanidine groups is 1. The Balaban J connectivity index is 0.00000529. The quantitative estimate of drug-likeness (QED) is 0.353. The van der Waals surface area contributed by atoms with Crippen LogP contribution in [0.15, 0.2) is 29.3 Å². The molecule has 10 heteroatoms. The minimum atomic E-state index is -4.77. The molecule has 0 aliphatic carbocycles. The summed E-state index contributed by atoms with van der Waals surface area (Å²) in [6, 6.07) is 5.62. The lowest BCUT2D eigenvalue weighted by atomic mass is 10.3. The van der Waals surface area contributed by atoms with Gasteiger partial charge in [-0.25, -0.2) is 0 Å². The lowest BCUT2D eigenvalue weighted by molar-refractivity contribution is -0.274. The molecule has 0 heterocycles. The third kappa shape index (κ3) is 9.78. The van der Waals surface area contributed by atoms with Crippen LogP contribution in [-0.4, -0.2) is 57.6 Å². The molecule has 24 heavy (non-hydrogen) atoms. The van der Waals surface area contributed by atoms with E-state index in [1.807, 2.05) is 11.9 Å². The minimum Gasteiger partial charge on any atom is -0.404 e. The van der Waals surface area contributed by atoms with E-state index < -0.39 is 6.36 Å². The monoisotopic (exact) mass is 462 g/mol. The maximum Gasteiger partial charge on any atom is 0.573 e. The van der Waals surface area contributed by atoms with Crippen molar-refractivity contribution in [1.29, 1.82) is 0 Å². The van der Waals surface area contributed by atoms with Crippen molar-refractivity contribution in [1.82, 2.24) is 4.90 Å². The van der Waals surface area contributed by atoms with Crippen LogP contribution in [0.4, 0.5) is 18.9 Å². The number of nitrogens with one attached hydrogen (secondary N) is 1. The van der Waals surface area contributed by atoms with Crippen molar-refractivity contribution in [2.75, 3.05) is 45.7 Å². The van der Waals surface area contributed by atoms with Gasteiger partial charge in [-0.3, -0.25) is 4.99 Å². The van der Waals surface area contributed by atoms with Crippen LogP contribution < -0.4 is 15.8 Å². The van der Waals surface area contributed by atoms with Gasteiger partial charge in [-0.2, -0.15) is 0 Å². The van der Waals surface area contributed by atoms with Crippen molar-refractivity contribution >= 4 is 35.6 Å². The molecule has 0 aromatic heterocycles. The van der Waals surface area contributed by atoms with Gasteiger partial charge in [0.1, 0.15) is 0 Å². The van der Waals surface area contributed by atoms with Gasteiger partial charge in [0.2, 0.25) is 0 Å². The molecule has 0 spiro atoms. The van der Waals surface area contributed by atoms with Crippen LogP contribution in [0.2, 0.25) is 0 Å². The first kappa shape index (κ1) is 22.7. The first-order valence-electron chi connectivity index (χ1n) is 6.91. The smallest absolute Gasteiger partial charge is 0.404 e. The van der Waals surface area contributed by atoms with Crippen molar-refractivity contribution in [2.45, 2.75) is 6.36 Å². The summed E-state index contributed by atoms with van der Waals surface area (Å²) in [6.07, 6.45) is -4.77. The van der Waals surface area contributed by atoms with Gasteiger partial charge >= 0.3 is 6.36 Å². The number of aliphatic imine (C=N–C) groups is 1. The molecule has 138 valence electrons. The molecule has 0 radical (unpaired) electrons. The van der Waals surface area contributed by atoms with E-state index in [-0.39, 0.29) is 41.4 Å². The second-order valence-electron chi connectivity index (χ2n) is 4.73. The molecular formula is C14H22F3IN4O2. The predicted molar refractivity (Wildman–Crippen MR) is 98.0 cm³/mol. The largest absolute Gasteiger partial charge is 0.573 e. The molecule has 0 aliphatic heterocycles. The maximum absolute atomic E-state index is 12.3. The summed E-state index contributed by atoms with van der Waals surface area (Å²) in [6.45, 7) is 2.41. The number of halogens is 4. The number of nitrogens with zero attached hydrogens (tertiary/aromatic N) is 2. The number of nitrogens with two attached hydrogens (primary N) is 1. The van der Waals surface area contributed by atoms with E-state index in [4.69, 9.17) is 10.5 Å². The van der Waals surface area contributed by atoms with Gasteiger partial charge < -0.3 is 25.4 Å². The van der Waals surface area contributed by atoms with Crippen LogP contribution >= 0.6 is 24.0 Å². The molecule has 0 fully saturated rings. The van der Waals surface area contributed by atoms with Gasteiger partial charge in [-0.05, 0) is 19.2 Å². The van der Waals surface area contributed by atoms with Gasteiger partial charge in [-0.1, -0.05) is 12.1 Å². The third-order valence-corrected chi connectivity index (χ3v) is 2.82. The summed E-state index contributed by atoms with van der Waals surface area (Å²) in [7, 11) is 3.53. The summed E-state index contributed by atoms with van der Waals surface area (Å²) < 4.78 is 45.9. The Morgan fingerprint density at radius 2 is 1.96 bits per heavy atom. The highest BCUT2D eigenvalue weighted by Gasteiger charge is 2.32. The number of anilines is 1. The lowest BCUT2D eigenvalue weighted by Gasteiger charge is -2.15. The summed E-state index contributed by atoms with van der Waals surface area (Å²) in [5, 5.41) is 2.61. The number of likely N-dealkylation sites (N-methyl/N-ethyl adjacent to an activating group) is 1. The fourth-order valence-electron chi connectivity index (χ4n) is 1.66. The van der Waals surface area contributed by atoms with Crippen LogP contribution in [0.25, 0.3) is 0 Å². The Bertz CT molecular complexity index is 515. The Morgan fingerprint density at radius 3 is 2.58 bits per heavy atom. The maximum atomic E-state index is 12.3. The molecule has 6 nitrogen and oxygen atoms in total. The average Bonchev–Trinajstić information content (AvgIpc) is 2.45. The molecular weight excluding hydrogens is 440 g/mol. The second kappa shape index (κ2) is 11.3. The number of benzene rings is 1. The number of rotatable bonds is 8. The first-order chi connectivity index (χ1) is 10.8. The molecule has 0 bridgehead atoms. The average molecular weight is 462 g/mol. The Labute approximate surface area is 156 Å². The highest BCUT2D eigenvalue weighted by Crippen LogP contribution is 2.29. The zero-order chi connectivity index (χ0) is 17.3. The predicted octanol–water partition coefficient (Wildman–Crippen LogP) is 2.51. The van der Waals surface area contributed by atoms with E-state index in [1.165, 1.54) is 18.2 Å². The third-order valence-electron chi connectivity index (χ3n) is 2.82. The fourth-order valence-corrected chi connectivity index (χ4v) is 1.66. The first-order valence-corrected chi connectivity index (χ1v) is 6.91. The molecule has 0 unspecified atom stereocenters. The van der Waals surface area contributed by atoms with Gasteiger partial charge in [0.05, 0.1) is 18.8 Å². The topological polar surface area (TPSA) is 72.1 Å². The Kier molecular flexibility index (Phi) is 10.7. The van der Waals surface area contributed by atoms with Crippen LogP contribution in [-0.2, 0) is 4.74 Å². The van der Waals surface area contributed by atoms with Crippen molar-refractivity contribution in [3.8, 4) is 5.75 Å². The Morgan fingerprint density at radius 1 is 1.29 bits per heavy atom. The van der Waals surface area contributed by atoms with Crippen molar-refractivity contribution < 1.29 is 22.6 Å². The van der Waals surface area contributed by atoms with Crippen LogP contribution in [0.5, 0.6) is 5.75 Å². The molecule has 0 aliphatic rings. The van der Waals surface area contributed by atoms with Crippen molar-refractivity contribution in [2.24, 2.45) is 10.7 Å². The molecule has 0 atom stereocenters. The van der Waals surface area contributed by atoms with E-state index in [1.54, 1.807) is 13.2 Å². The number of methoxy groups -OCH3 is 1. The second-order valence-corrected chi connectivity index (χ2v) is 4.73. The van der Waals surface area contributed by atoms with Crippen LogP contribution in [0, 0.1) is 0 Å². The summed E-state index contributed by atoms with van der Waals surface area (Å²) in [4.78, 5) is 6.07. The van der Waals surface area contributed by atoms with Gasteiger partial charge in [-0.15, -0.1) is 37.1 Å². The zero-order valence-electron chi connectivity index (χ0n) is 13.5.